The van der Waals surface area contributed by atoms with Crippen LogP contribution in [-0.4, -0.2) is 25.5 Å². The van der Waals surface area contributed by atoms with E-state index in [4.69, 9.17) is 9.47 Å². The van der Waals surface area contributed by atoms with Gasteiger partial charge in [0.25, 0.3) is 0 Å². The van der Waals surface area contributed by atoms with Crippen LogP contribution in [0.3, 0.4) is 0 Å². The van der Waals surface area contributed by atoms with Gasteiger partial charge in [0.1, 0.15) is 6.61 Å². The summed E-state index contributed by atoms with van der Waals surface area (Å²) in [6, 6.07) is 21.1. The number of anilines is 2. The third-order valence-electron chi connectivity index (χ3n) is 6.03. The molecule has 1 atom stereocenters. The second kappa shape index (κ2) is 10.3. The molecule has 0 unspecified atom stereocenters. The summed E-state index contributed by atoms with van der Waals surface area (Å²) >= 11 is 0. The highest BCUT2D eigenvalue weighted by Crippen LogP contribution is 2.31. The first-order valence-electron chi connectivity index (χ1n) is 11.2. The van der Waals surface area contributed by atoms with Crippen molar-refractivity contribution >= 4 is 23.2 Å². The molecule has 34 heavy (non-hydrogen) atoms. The van der Waals surface area contributed by atoms with Crippen LogP contribution < -0.4 is 25.2 Å². The van der Waals surface area contributed by atoms with Gasteiger partial charge in [-0.3, -0.25) is 20.4 Å². The van der Waals surface area contributed by atoms with Gasteiger partial charge in [-0.15, -0.1) is 0 Å². The Kier molecular flexibility index (Phi) is 7.01. The topological polar surface area (TPSA) is 79.9 Å². The number of amides is 2. The molecule has 2 amide bonds. The van der Waals surface area contributed by atoms with Crippen molar-refractivity contribution in [2.45, 2.75) is 26.9 Å². The van der Waals surface area contributed by atoms with Gasteiger partial charge in [0, 0.05) is 24.7 Å². The number of methoxy groups -OCH3 is 1. The lowest BCUT2D eigenvalue weighted by Gasteiger charge is -2.18. The average Bonchev–Trinajstić information content (AvgIpc) is 3.25. The van der Waals surface area contributed by atoms with E-state index in [1.165, 1.54) is 5.56 Å². The van der Waals surface area contributed by atoms with Crippen LogP contribution in [-0.2, 0) is 16.2 Å². The van der Waals surface area contributed by atoms with Gasteiger partial charge in [-0.2, -0.15) is 0 Å². The van der Waals surface area contributed by atoms with Crippen LogP contribution in [0.25, 0.3) is 0 Å². The fraction of sp³-hybridized carbons (Fsp3) is 0.259. The maximum Gasteiger partial charge on any atom is 0.243 e. The minimum Gasteiger partial charge on any atom is -0.493 e. The minimum absolute atomic E-state index is 0.0509. The SMILES string of the molecule is COc1cc(NNC(=O)[C@@H]2CC(=O)N(c3ccc(C)c(C)c3)C2)ccc1OCc1ccccc1. The number of hydrogen-bond acceptors (Lipinski definition) is 5. The molecule has 2 N–H and O–H groups in total. The quantitative estimate of drug-likeness (QED) is 0.489. The summed E-state index contributed by atoms with van der Waals surface area (Å²) in [5.41, 5.74) is 10.4. The first-order valence-corrected chi connectivity index (χ1v) is 11.2. The van der Waals surface area contributed by atoms with E-state index in [1.54, 1.807) is 30.2 Å². The number of hydrogen-bond donors (Lipinski definition) is 2. The number of hydrazine groups is 1. The molecule has 3 aromatic rings. The number of ether oxygens (including phenoxy) is 2. The Morgan fingerprint density at radius 3 is 2.53 bits per heavy atom. The van der Waals surface area contributed by atoms with Crippen LogP contribution in [0, 0.1) is 19.8 Å². The van der Waals surface area contributed by atoms with Gasteiger partial charge >= 0.3 is 0 Å². The van der Waals surface area contributed by atoms with Crippen LogP contribution in [0.2, 0.25) is 0 Å². The lowest BCUT2D eigenvalue weighted by atomic mass is 10.1. The monoisotopic (exact) mass is 459 g/mol. The molecule has 1 saturated heterocycles. The van der Waals surface area contributed by atoms with Crippen molar-refractivity contribution in [1.29, 1.82) is 0 Å². The lowest BCUT2D eigenvalue weighted by molar-refractivity contribution is -0.125. The van der Waals surface area contributed by atoms with E-state index in [1.807, 2.05) is 62.4 Å². The van der Waals surface area contributed by atoms with Crippen LogP contribution in [0.1, 0.15) is 23.1 Å². The highest BCUT2D eigenvalue weighted by Gasteiger charge is 2.35. The van der Waals surface area contributed by atoms with E-state index >= 15 is 0 Å². The summed E-state index contributed by atoms with van der Waals surface area (Å²) in [4.78, 5) is 27.0. The molecule has 1 aliphatic rings. The predicted molar refractivity (Wildman–Crippen MR) is 132 cm³/mol. The number of nitrogens with one attached hydrogen (secondary N) is 2. The molecule has 1 heterocycles. The zero-order valence-corrected chi connectivity index (χ0v) is 19.6. The van der Waals surface area contributed by atoms with E-state index < -0.39 is 5.92 Å². The molecule has 1 fully saturated rings. The van der Waals surface area contributed by atoms with Gasteiger partial charge in [0.2, 0.25) is 11.8 Å². The standard InChI is InChI=1S/C27H29N3O4/c1-18-9-11-23(13-19(18)2)30-16-21(14-26(30)31)27(32)29-28-22-10-12-24(25(15-22)33-3)34-17-20-7-5-4-6-8-20/h4-13,15,21,28H,14,16-17H2,1-3H3,(H,29,32)/t21-/m1/s1. The summed E-state index contributed by atoms with van der Waals surface area (Å²) in [6.45, 7) is 4.82. The zero-order chi connectivity index (χ0) is 24.1. The molecule has 3 aromatic carbocycles. The molecule has 0 bridgehead atoms. The van der Waals surface area contributed by atoms with E-state index in [-0.39, 0.29) is 18.2 Å². The van der Waals surface area contributed by atoms with Gasteiger partial charge in [0.15, 0.2) is 11.5 Å². The van der Waals surface area contributed by atoms with E-state index in [0.29, 0.717) is 30.3 Å². The summed E-state index contributed by atoms with van der Waals surface area (Å²) in [6.07, 6.45) is 0.177. The van der Waals surface area contributed by atoms with Gasteiger partial charge < -0.3 is 14.4 Å². The zero-order valence-electron chi connectivity index (χ0n) is 19.6. The lowest BCUT2D eigenvalue weighted by Crippen LogP contribution is -2.36. The van der Waals surface area contributed by atoms with Gasteiger partial charge in [0.05, 0.1) is 18.7 Å². The van der Waals surface area contributed by atoms with Gasteiger partial charge in [-0.1, -0.05) is 36.4 Å². The first kappa shape index (κ1) is 23.2. The molecule has 0 radical (unpaired) electrons. The Balaban J connectivity index is 1.34. The van der Waals surface area contributed by atoms with Crippen molar-refractivity contribution in [3.63, 3.8) is 0 Å². The predicted octanol–water partition coefficient (Wildman–Crippen LogP) is 4.39. The van der Waals surface area contributed by atoms with Gasteiger partial charge in [-0.05, 0) is 54.8 Å². The number of carbonyl (C=O) groups is 2. The number of rotatable bonds is 8. The van der Waals surface area contributed by atoms with Crippen molar-refractivity contribution in [1.82, 2.24) is 5.43 Å². The van der Waals surface area contributed by atoms with Crippen molar-refractivity contribution in [3.8, 4) is 11.5 Å². The van der Waals surface area contributed by atoms with Gasteiger partial charge in [-0.25, -0.2) is 0 Å². The summed E-state index contributed by atoms with van der Waals surface area (Å²) in [5, 5.41) is 0. The maximum atomic E-state index is 12.7. The van der Waals surface area contributed by atoms with Crippen molar-refractivity contribution in [2.24, 2.45) is 5.92 Å². The molecule has 7 heteroatoms. The molecule has 4 rings (SSSR count). The van der Waals surface area contributed by atoms with Crippen molar-refractivity contribution in [3.05, 3.63) is 83.4 Å². The Hall–Kier alpha value is -4.00. The van der Waals surface area contributed by atoms with E-state index in [2.05, 4.69) is 10.9 Å². The number of benzene rings is 3. The first-order chi connectivity index (χ1) is 16.4. The number of nitrogens with zero attached hydrogens (tertiary/aromatic N) is 1. The Bertz CT molecular complexity index is 1180. The highest BCUT2D eigenvalue weighted by molar-refractivity contribution is 6.00. The Labute approximate surface area is 199 Å². The summed E-state index contributed by atoms with van der Waals surface area (Å²) in [7, 11) is 1.57. The maximum absolute atomic E-state index is 12.7. The second-order valence-corrected chi connectivity index (χ2v) is 8.43. The second-order valence-electron chi connectivity index (χ2n) is 8.43. The fourth-order valence-electron chi connectivity index (χ4n) is 3.86. The Morgan fingerprint density at radius 2 is 1.79 bits per heavy atom. The highest BCUT2D eigenvalue weighted by atomic mass is 16.5. The minimum atomic E-state index is -0.433. The average molecular weight is 460 g/mol. The molecule has 176 valence electrons. The smallest absolute Gasteiger partial charge is 0.243 e. The van der Waals surface area contributed by atoms with E-state index in [9.17, 15) is 9.59 Å². The van der Waals surface area contributed by atoms with Crippen LogP contribution in [0.5, 0.6) is 11.5 Å². The number of aryl methyl sites for hydroxylation is 2. The third-order valence-corrected chi connectivity index (χ3v) is 6.03. The largest absolute Gasteiger partial charge is 0.493 e. The van der Waals surface area contributed by atoms with Crippen molar-refractivity contribution < 1.29 is 19.1 Å². The van der Waals surface area contributed by atoms with Crippen LogP contribution >= 0.6 is 0 Å². The molecule has 0 aromatic heterocycles. The molecular weight excluding hydrogens is 430 g/mol. The molecule has 1 aliphatic heterocycles. The van der Waals surface area contributed by atoms with Crippen LogP contribution in [0.15, 0.2) is 66.7 Å². The molecule has 0 aliphatic carbocycles. The fourth-order valence-corrected chi connectivity index (χ4v) is 3.86. The van der Waals surface area contributed by atoms with E-state index in [0.717, 1.165) is 16.8 Å². The third kappa shape index (κ3) is 5.31. The van der Waals surface area contributed by atoms with Crippen molar-refractivity contribution in [2.75, 3.05) is 24.0 Å². The molecule has 0 saturated carbocycles. The van der Waals surface area contributed by atoms with Crippen LogP contribution in [0.4, 0.5) is 11.4 Å². The number of carbonyl (C=O) groups excluding carboxylic acids is 2. The Morgan fingerprint density at radius 1 is 1.00 bits per heavy atom. The summed E-state index contributed by atoms with van der Waals surface area (Å²) < 4.78 is 11.3. The summed E-state index contributed by atoms with van der Waals surface area (Å²) in [5.74, 6) is 0.436. The molecule has 7 nitrogen and oxygen atoms in total. The normalized spacial score (nSPS) is 15.2. The molecular formula is C27H29N3O4. The molecule has 0 spiro atoms.